The molecule has 5 nitrogen and oxygen atoms in total. The van der Waals surface area contributed by atoms with E-state index in [1.54, 1.807) is 25.6 Å². The van der Waals surface area contributed by atoms with Crippen LogP contribution in [-0.4, -0.2) is 41.2 Å². The summed E-state index contributed by atoms with van der Waals surface area (Å²) in [6, 6.07) is -0.405. The van der Waals surface area contributed by atoms with Crippen LogP contribution in [-0.2, 0) is 4.79 Å². The molecule has 2 amide bonds. The monoisotopic (exact) mass is 262 g/mol. The van der Waals surface area contributed by atoms with Gasteiger partial charge in [0.25, 0.3) is 0 Å². The second kappa shape index (κ2) is 8.22. The molecule has 0 rings (SSSR count). The molecule has 0 bridgehead atoms. The molecule has 0 aromatic heterocycles. The van der Waals surface area contributed by atoms with Crippen molar-refractivity contribution in [1.29, 1.82) is 0 Å². The topological polar surface area (TPSA) is 78.4 Å². The number of carbonyl (C=O) groups is 2. The van der Waals surface area contributed by atoms with E-state index >= 15 is 0 Å². The number of urea groups is 1. The predicted octanol–water partition coefficient (Wildman–Crippen LogP) is 1.68. The van der Waals surface area contributed by atoms with Gasteiger partial charge in [-0.25, -0.2) is 9.59 Å². The van der Waals surface area contributed by atoms with Gasteiger partial charge in [-0.05, 0) is 31.3 Å². The lowest BCUT2D eigenvalue weighted by Crippen LogP contribution is -2.56. The van der Waals surface area contributed by atoms with Crippen molar-refractivity contribution in [1.82, 2.24) is 10.6 Å². The molecule has 0 spiro atoms. The first-order valence-corrected chi connectivity index (χ1v) is 7.20. The lowest BCUT2D eigenvalue weighted by molar-refractivity contribution is -0.144. The number of carboxylic acids is 1. The van der Waals surface area contributed by atoms with Crippen LogP contribution in [0.5, 0.6) is 0 Å². The van der Waals surface area contributed by atoms with E-state index in [9.17, 15) is 9.59 Å². The largest absolute Gasteiger partial charge is 0.480 e. The Balaban J connectivity index is 4.18. The smallest absolute Gasteiger partial charge is 0.329 e. The van der Waals surface area contributed by atoms with E-state index in [-0.39, 0.29) is 0 Å². The van der Waals surface area contributed by atoms with Crippen molar-refractivity contribution in [3.05, 3.63) is 0 Å². The number of nitrogens with one attached hydrogen (secondary N) is 2. The highest BCUT2D eigenvalue weighted by atomic mass is 32.2. The van der Waals surface area contributed by atoms with Crippen LogP contribution in [0.25, 0.3) is 0 Å². The zero-order valence-corrected chi connectivity index (χ0v) is 11.5. The fourth-order valence-corrected chi connectivity index (χ4v) is 1.90. The highest BCUT2D eigenvalue weighted by Crippen LogP contribution is 2.15. The molecule has 0 saturated heterocycles. The summed E-state index contributed by atoms with van der Waals surface area (Å²) in [7, 11) is 0. The standard InChI is InChI=1S/C11H22N2O3S/c1-4-11(5-2,9(14)15)13-10(16)12-7-6-8-17-3/h4-8H2,1-3H3,(H,14,15)(H2,12,13,16). The van der Waals surface area contributed by atoms with Gasteiger partial charge in [0.05, 0.1) is 0 Å². The molecular weight excluding hydrogens is 240 g/mol. The van der Waals surface area contributed by atoms with Gasteiger partial charge in [0.1, 0.15) is 5.54 Å². The molecule has 0 aromatic carbocycles. The van der Waals surface area contributed by atoms with Crippen molar-refractivity contribution in [2.45, 2.75) is 38.6 Å². The number of aliphatic carboxylic acids is 1. The summed E-state index contributed by atoms with van der Waals surface area (Å²) < 4.78 is 0. The minimum absolute atomic E-state index is 0.372. The zero-order valence-electron chi connectivity index (χ0n) is 10.7. The van der Waals surface area contributed by atoms with Crippen LogP contribution in [0.3, 0.4) is 0 Å². The number of carbonyl (C=O) groups excluding carboxylic acids is 1. The van der Waals surface area contributed by atoms with Crippen LogP contribution in [0.1, 0.15) is 33.1 Å². The molecule has 100 valence electrons. The quantitative estimate of drug-likeness (QED) is 0.582. The van der Waals surface area contributed by atoms with Crippen LogP contribution in [0.2, 0.25) is 0 Å². The maximum Gasteiger partial charge on any atom is 0.329 e. The molecule has 0 aliphatic rings. The number of hydrogen-bond donors (Lipinski definition) is 3. The Hall–Kier alpha value is -0.910. The summed E-state index contributed by atoms with van der Waals surface area (Å²) in [5.41, 5.74) is -1.15. The van der Waals surface area contributed by atoms with Gasteiger partial charge >= 0.3 is 12.0 Å². The lowest BCUT2D eigenvalue weighted by Gasteiger charge is -2.28. The fourth-order valence-electron chi connectivity index (χ4n) is 1.46. The van der Waals surface area contributed by atoms with Crippen molar-refractivity contribution >= 4 is 23.8 Å². The second-order valence-corrected chi connectivity index (χ2v) is 4.81. The molecule has 0 saturated carbocycles. The molecule has 17 heavy (non-hydrogen) atoms. The number of rotatable bonds is 8. The Morgan fingerprint density at radius 3 is 2.29 bits per heavy atom. The van der Waals surface area contributed by atoms with Crippen molar-refractivity contribution in [2.24, 2.45) is 0 Å². The Kier molecular flexibility index (Phi) is 7.78. The molecule has 0 aliphatic heterocycles. The summed E-state index contributed by atoms with van der Waals surface area (Å²) in [4.78, 5) is 22.7. The van der Waals surface area contributed by atoms with E-state index in [0.29, 0.717) is 19.4 Å². The molecule has 0 atom stereocenters. The third-order valence-electron chi connectivity index (χ3n) is 2.78. The van der Waals surface area contributed by atoms with E-state index in [1.165, 1.54) is 0 Å². The third-order valence-corrected chi connectivity index (χ3v) is 3.48. The number of hydrogen-bond acceptors (Lipinski definition) is 3. The van der Waals surface area contributed by atoms with Gasteiger partial charge in [0.2, 0.25) is 0 Å². The van der Waals surface area contributed by atoms with Crippen molar-refractivity contribution in [2.75, 3.05) is 18.6 Å². The minimum Gasteiger partial charge on any atom is -0.480 e. The summed E-state index contributed by atoms with van der Waals surface area (Å²) in [5.74, 6) is -0.00639. The Morgan fingerprint density at radius 2 is 1.88 bits per heavy atom. The summed E-state index contributed by atoms with van der Waals surface area (Å²) >= 11 is 1.71. The van der Waals surface area contributed by atoms with Crippen LogP contribution < -0.4 is 10.6 Å². The molecule has 0 aliphatic carbocycles. The van der Waals surface area contributed by atoms with Gasteiger partial charge in [-0.15, -0.1) is 0 Å². The van der Waals surface area contributed by atoms with Crippen molar-refractivity contribution in [3.8, 4) is 0 Å². The van der Waals surface area contributed by atoms with E-state index in [2.05, 4.69) is 10.6 Å². The number of carboxylic acid groups (broad SMARTS) is 1. The normalized spacial score (nSPS) is 11.0. The van der Waals surface area contributed by atoms with Crippen molar-refractivity contribution in [3.63, 3.8) is 0 Å². The molecule has 0 fully saturated rings. The van der Waals surface area contributed by atoms with Crippen LogP contribution >= 0.6 is 11.8 Å². The molecule has 0 aromatic rings. The van der Waals surface area contributed by atoms with E-state index < -0.39 is 17.5 Å². The van der Waals surface area contributed by atoms with Crippen molar-refractivity contribution < 1.29 is 14.7 Å². The highest BCUT2D eigenvalue weighted by molar-refractivity contribution is 7.98. The Morgan fingerprint density at radius 1 is 1.29 bits per heavy atom. The van der Waals surface area contributed by atoms with Gasteiger partial charge < -0.3 is 15.7 Å². The highest BCUT2D eigenvalue weighted by Gasteiger charge is 2.36. The zero-order chi connectivity index (χ0) is 13.3. The van der Waals surface area contributed by atoms with Gasteiger partial charge in [0.15, 0.2) is 0 Å². The van der Waals surface area contributed by atoms with Gasteiger partial charge in [-0.2, -0.15) is 11.8 Å². The van der Waals surface area contributed by atoms with Crippen LogP contribution in [0, 0.1) is 0 Å². The SMILES string of the molecule is CCC(CC)(NC(=O)NCCCSC)C(=O)O. The first-order chi connectivity index (χ1) is 8.02. The first-order valence-electron chi connectivity index (χ1n) is 5.80. The maximum absolute atomic E-state index is 11.6. The Bertz CT molecular complexity index is 255. The molecule has 0 radical (unpaired) electrons. The summed E-state index contributed by atoms with van der Waals surface area (Å²) in [6.45, 7) is 4.08. The molecule has 0 unspecified atom stereocenters. The van der Waals surface area contributed by atoms with Crippen LogP contribution in [0.15, 0.2) is 0 Å². The van der Waals surface area contributed by atoms with Crippen LogP contribution in [0.4, 0.5) is 4.79 Å². The summed E-state index contributed by atoms with van der Waals surface area (Å²) in [6.07, 6.45) is 3.63. The third kappa shape index (κ3) is 5.30. The first kappa shape index (κ1) is 16.1. The Labute approximate surface area is 107 Å². The second-order valence-electron chi connectivity index (χ2n) is 3.82. The van der Waals surface area contributed by atoms with Gasteiger partial charge in [0, 0.05) is 6.54 Å². The fraction of sp³-hybridized carbons (Fsp3) is 0.818. The van der Waals surface area contributed by atoms with E-state index in [0.717, 1.165) is 12.2 Å². The van der Waals surface area contributed by atoms with Gasteiger partial charge in [-0.3, -0.25) is 0 Å². The molecule has 3 N–H and O–H groups in total. The predicted molar refractivity (Wildman–Crippen MR) is 70.5 cm³/mol. The molecule has 0 heterocycles. The maximum atomic E-state index is 11.6. The molecule has 6 heteroatoms. The number of amides is 2. The summed E-state index contributed by atoms with van der Waals surface area (Å²) in [5, 5.41) is 14.4. The number of thioether (sulfide) groups is 1. The van der Waals surface area contributed by atoms with Gasteiger partial charge in [-0.1, -0.05) is 13.8 Å². The minimum atomic E-state index is -1.15. The average molecular weight is 262 g/mol. The molecular formula is C11H22N2O3S. The average Bonchev–Trinajstić information content (AvgIpc) is 2.31. The van der Waals surface area contributed by atoms with E-state index in [4.69, 9.17) is 5.11 Å². The van der Waals surface area contributed by atoms with E-state index in [1.807, 2.05) is 6.26 Å². The lowest BCUT2D eigenvalue weighted by atomic mass is 9.93.